The van der Waals surface area contributed by atoms with Crippen LogP contribution in [0.25, 0.3) is 11.0 Å². The second-order valence-electron chi connectivity index (χ2n) is 5.15. The van der Waals surface area contributed by atoms with Crippen molar-refractivity contribution in [3.63, 3.8) is 0 Å². The molecule has 0 aliphatic carbocycles. The maximum atomic E-state index is 12.3. The minimum absolute atomic E-state index is 0.0946. The van der Waals surface area contributed by atoms with Gasteiger partial charge in [0, 0.05) is 20.1 Å². The number of hydrogen-bond acceptors (Lipinski definition) is 5. The van der Waals surface area contributed by atoms with Crippen LogP contribution in [-0.4, -0.2) is 43.2 Å². The van der Waals surface area contributed by atoms with Crippen molar-refractivity contribution in [3.05, 3.63) is 22.9 Å². The largest absolute Gasteiger partial charge is 0.340 e. The monoisotopic (exact) mass is 302 g/mol. The first kappa shape index (κ1) is 15.7. The zero-order chi connectivity index (χ0) is 16.3. The van der Waals surface area contributed by atoms with E-state index in [1.54, 1.807) is 18.9 Å². The number of likely N-dealkylation sites (N-methyl/N-ethyl adjacent to an activating group) is 1. The molecule has 0 N–H and O–H groups in total. The number of carbonyl (C=O) groups is 1. The highest BCUT2D eigenvalue weighted by Gasteiger charge is 2.17. The van der Waals surface area contributed by atoms with E-state index in [0.717, 1.165) is 0 Å². The van der Waals surface area contributed by atoms with Crippen LogP contribution in [0.1, 0.15) is 13.8 Å². The zero-order valence-corrected chi connectivity index (χ0v) is 12.9. The fourth-order valence-corrected chi connectivity index (χ4v) is 2.20. The fraction of sp³-hybridized carbons (Fsp3) is 0.500. The van der Waals surface area contributed by atoms with Gasteiger partial charge in [-0.05, 0) is 13.8 Å². The molecule has 0 saturated carbocycles. The van der Waals surface area contributed by atoms with Crippen LogP contribution in [0.5, 0.6) is 0 Å². The van der Waals surface area contributed by atoms with Gasteiger partial charge in [-0.3, -0.25) is 18.8 Å². The van der Waals surface area contributed by atoms with Crippen molar-refractivity contribution >= 4 is 16.9 Å². The lowest BCUT2D eigenvalue weighted by molar-refractivity contribution is -0.132. The van der Waals surface area contributed by atoms with Crippen LogP contribution in [0.2, 0.25) is 0 Å². The molecule has 0 aliphatic heterocycles. The smallest absolute Gasteiger partial charge is 0.264 e. The van der Waals surface area contributed by atoms with Crippen molar-refractivity contribution in [2.45, 2.75) is 20.4 Å². The number of carbonyl (C=O) groups excluding carboxylic acids is 1. The van der Waals surface area contributed by atoms with Crippen molar-refractivity contribution in [1.82, 2.24) is 24.2 Å². The van der Waals surface area contributed by atoms with Crippen LogP contribution in [0, 0.1) is 17.2 Å². The van der Waals surface area contributed by atoms with Gasteiger partial charge in [-0.1, -0.05) is 0 Å². The minimum atomic E-state index is -0.296. The van der Waals surface area contributed by atoms with E-state index < -0.39 is 0 Å². The Balaban J connectivity index is 2.23. The van der Waals surface area contributed by atoms with Crippen LogP contribution >= 0.6 is 0 Å². The molecule has 0 aromatic carbocycles. The number of rotatable bonds is 5. The van der Waals surface area contributed by atoms with Crippen LogP contribution in [0.3, 0.4) is 0 Å². The van der Waals surface area contributed by atoms with Crippen molar-refractivity contribution in [2.24, 2.45) is 13.0 Å². The lowest BCUT2D eigenvalue weighted by Gasteiger charge is -2.22. The lowest BCUT2D eigenvalue weighted by atomic mass is 10.2. The highest BCUT2D eigenvalue weighted by Crippen LogP contribution is 2.04. The number of amides is 1. The van der Waals surface area contributed by atoms with E-state index >= 15 is 0 Å². The molecule has 8 nitrogen and oxygen atoms in total. The highest BCUT2D eigenvalue weighted by molar-refractivity contribution is 5.77. The number of nitrogens with zero attached hydrogens (tertiary/aromatic N) is 6. The van der Waals surface area contributed by atoms with Crippen LogP contribution < -0.4 is 5.56 Å². The second-order valence-corrected chi connectivity index (χ2v) is 5.15. The van der Waals surface area contributed by atoms with Crippen molar-refractivity contribution < 1.29 is 4.79 Å². The van der Waals surface area contributed by atoms with Gasteiger partial charge >= 0.3 is 0 Å². The first-order valence-corrected chi connectivity index (χ1v) is 7.02. The molecule has 1 atom stereocenters. The average molecular weight is 302 g/mol. The molecule has 0 spiro atoms. The normalized spacial score (nSPS) is 12.1. The van der Waals surface area contributed by atoms with E-state index in [4.69, 9.17) is 5.26 Å². The van der Waals surface area contributed by atoms with Gasteiger partial charge in [-0.25, -0.2) is 4.98 Å². The van der Waals surface area contributed by atoms with Gasteiger partial charge in [0.1, 0.15) is 18.3 Å². The third kappa shape index (κ3) is 2.98. The molecular formula is C14H18N6O2. The Kier molecular flexibility index (Phi) is 4.56. The summed E-state index contributed by atoms with van der Waals surface area (Å²) in [5.74, 6) is -0.462. The Labute approximate surface area is 127 Å². The van der Waals surface area contributed by atoms with Crippen LogP contribution in [0.15, 0.2) is 17.3 Å². The fourth-order valence-electron chi connectivity index (χ4n) is 2.20. The van der Waals surface area contributed by atoms with Gasteiger partial charge in [0.05, 0.1) is 18.2 Å². The van der Waals surface area contributed by atoms with Gasteiger partial charge in [0.15, 0.2) is 5.65 Å². The van der Waals surface area contributed by atoms with E-state index in [-0.39, 0.29) is 23.9 Å². The van der Waals surface area contributed by atoms with Gasteiger partial charge in [0.2, 0.25) is 5.91 Å². The molecule has 0 radical (unpaired) electrons. The summed E-state index contributed by atoms with van der Waals surface area (Å²) >= 11 is 0. The molecule has 0 bridgehead atoms. The number of hydrogen-bond donors (Lipinski definition) is 0. The molecule has 2 aromatic heterocycles. The topological polar surface area (TPSA) is 96.8 Å². The van der Waals surface area contributed by atoms with E-state index in [0.29, 0.717) is 24.1 Å². The SMILES string of the molecule is CCN(C[C@@H](C)C#N)C(=O)Cn1cnc2c(cnn2C)c1=O. The third-order valence-electron chi connectivity index (χ3n) is 3.47. The summed E-state index contributed by atoms with van der Waals surface area (Å²) in [6.07, 6.45) is 2.80. The summed E-state index contributed by atoms with van der Waals surface area (Å²) < 4.78 is 2.78. The van der Waals surface area contributed by atoms with E-state index in [2.05, 4.69) is 16.2 Å². The van der Waals surface area contributed by atoms with Gasteiger partial charge in [0.25, 0.3) is 5.56 Å². The molecule has 8 heteroatoms. The molecule has 0 unspecified atom stereocenters. The second kappa shape index (κ2) is 6.39. The summed E-state index contributed by atoms with van der Waals surface area (Å²) in [7, 11) is 1.70. The Bertz CT molecular complexity index is 785. The first-order valence-electron chi connectivity index (χ1n) is 7.02. The first-order chi connectivity index (χ1) is 10.5. The van der Waals surface area contributed by atoms with Gasteiger partial charge in [-0.15, -0.1) is 0 Å². The number of aromatic nitrogens is 4. The molecule has 0 aliphatic rings. The zero-order valence-electron chi connectivity index (χ0n) is 12.9. The number of fused-ring (bicyclic) bond motifs is 1. The standard InChI is InChI=1S/C14H18N6O2/c1-4-19(7-10(2)5-15)12(21)8-20-9-16-13-11(14(20)22)6-17-18(13)3/h6,9-10H,4,7-8H2,1-3H3/t10-/m0/s1. The Morgan fingerprint density at radius 2 is 2.27 bits per heavy atom. The Morgan fingerprint density at radius 3 is 2.91 bits per heavy atom. The molecule has 2 aromatic rings. The minimum Gasteiger partial charge on any atom is -0.340 e. The predicted octanol–water partition coefficient (Wildman–Crippen LogP) is 0.138. The van der Waals surface area contributed by atoms with Gasteiger partial charge < -0.3 is 4.90 Å². The third-order valence-corrected chi connectivity index (χ3v) is 3.47. The number of nitriles is 1. The van der Waals surface area contributed by atoms with Crippen molar-refractivity contribution in [3.8, 4) is 6.07 Å². The quantitative estimate of drug-likeness (QED) is 0.782. The lowest BCUT2D eigenvalue weighted by Crippen LogP contribution is -2.38. The van der Waals surface area contributed by atoms with Gasteiger partial charge in [-0.2, -0.15) is 10.4 Å². The molecule has 2 heterocycles. The Morgan fingerprint density at radius 1 is 1.55 bits per heavy atom. The average Bonchev–Trinajstić information content (AvgIpc) is 2.89. The molecule has 0 fully saturated rings. The van der Waals surface area contributed by atoms with E-state index in [9.17, 15) is 9.59 Å². The van der Waals surface area contributed by atoms with Crippen molar-refractivity contribution in [2.75, 3.05) is 13.1 Å². The molecular weight excluding hydrogens is 284 g/mol. The summed E-state index contributed by atoms with van der Waals surface area (Å²) in [5, 5.41) is 13.2. The van der Waals surface area contributed by atoms with E-state index in [1.807, 2.05) is 6.92 Å². The maximum Gasteiger partial charge on any atom is 0.264 e. The Hall–Kier alpha value is -2.69. The summed E-state index contributed by atoms with van der Waals surface area (Å²) in [6, 6.07) is 2.10. The summed E-state index contributed by atoms with van der Waals surface area (Å²) in [6.45, 7) is 4.34. The van der Waals surface area contributed by atoms with Crippen LogP contribution in [-0.2, 0) is 18.4 Å². The predicted molar refractivity (Wildman–Crippen MR) is 79.8 cm³/mol. The molecule has 1 amide bonds. The van der Waals surface area contributed by atoms with Crippen LogP contribution in [0.4, 0.5) is 0 Å². The number of aryl methyl sites for hydroxylation is 1. The molecule has 116 valence electrons. The van der Waals surface area contributed by atoms with Crippen molar-refractivity contribution in [1.29, 1.82) is 5.26 Å². The van der Waals surface area contributed by atoms with E-state index in [1.165, 1.54) is 21.8 Å². The molecule has 2 rings (SSSR count). The maximum absolute atomic E-state index is 12.3. The molecule has 0 saturated heterocycles. The summed E-state index contributed by atoms with van der Waals surface area (Å²) in [5.41, 5.74) is 0.190. The molecule has 22 heavy (non-hydrogen) atoms. The summed E-state index contributed by atoms with van der Waals surface area (Å²) in [4.78, 5) is 30.3. The highest BCUT2D eigenvalue weighted by atomic mass is 16.2.